The molecule has 1 atom stereocenters. The summed E-state index contributed by atoms with van der Waals surface area (Å²) in [6.07, 6.45) is 0. The van der Waals surface area contributed by atoms with Crippen LogP contribution in [-0.2, 0) is 4.79 Å². The van der Waals surface area contributed by atoms with Crippen LogP contribution in [0.15, 0.2) is 77.3 Å². The summed E-state index contributed by atoms with van der Waals surface area (Å²) < 4.78 is 1.00. The molecule has 1 N–H and O–H groups in total. The third-order valence-corrected chi connectivity index (χ3v) is 5.39. The van der Waals surface area contributed by atoms with Gasteiger partial charge in [-0.05, 0) is 49.2 Å². The molecular formula is C23H20BrNO2. The first-order valence-electron chi connectivity index (χ1n) is 8.72. The fourth-order valence-electron chi connectivity index (χ4n) is 2.83. The maximum absolute atomic E-state index is 12.7. The van der Waals surface area contributed by atoms with Crippen molar-refractivity contribution in [3.05, 3.63) is 99.5 Å². The second kappa shape index (κ2) is 8.31. The lowest BCUT2D eigenvalue weighted by atomic mass is 9.95. The first kappa shape index (κ1) is 19.1. The van der Waals surface area contributed by atoms with E-state index in [1.54, 1.807) is 24.3 Å². The molecule has 0 aliphatic carbocycles. The molecule has 3 nitrogen and oxygen atoms in total. The largest absolute Gasteiger partial charge is 0.326 e. The Morgan fingerprint density at radius 3 is 2.30 bits per heavy atom. The van der Waals surface area contributed by atoms with Gasteiger partial charge in [0.1, 0.15) is 0 Å². The van der Waals surface area contributed by atoms with Gasteiger partial charge in [0.15, 0.2) is 5.78 Å². The van der Waals surface area contributed by atoms with E-state index in [0.29, 0.717) is 11.1 Å². The molecule has 1 amide bonds. The normalized spacial score (nSPS) is 11.7. The van der Waals surface area contributed by atoms with Gasteiger partial charge in [0, 0.05) is 21.3 Å². The smallest absolute Gasteiger partial charge is 0.231 e. The van der Waals surface area contributed by atoms with Crippen LogP contribution in [0.5, 0.6) is 0 Å². The number of aryl methyl sites for hydroxylation is 1. The minimum Gasteiger partial charge on any atom is -0.326 e. The topological polar surface area (TPSA) is 46.2 Å². The van der Waals surface area contributed by atoms with Crippen molar-refractivity contribution in [1.29, 1.82) is 0 Å². The fourth-order valence-corrected chi connectivity index (χ4v) is 3.08. The zero-order chi connectivity index (χ0) is 19.4. The predicted octanol–water partition coefficient (Wildman–Crippen LogP) is 5.73. The molecule has 0 saturated heterocycles. The van der Waals surface area contributed by atoms with Crippen molar-refractivity contribution in [2.24, 2.45) is 0 Å². The van der Waals surface area contributed by atoms with E-state index >= 15 is 0 Å². The van der Waals surface area contributed by atoms with E-state index in [2.05, 4.69) is 21.2 Å². The number of anilines is 1. The van der Waals surface area contributed by atoms with Crippen molar-refractivity contribution in [3.63, 3.8) is 0 Å². The van der Waals surface area contributed by atoms with Crippen LogP contribution in [0.2, 0.25) is 0 Å². The number of ketones is 1. The predicted molar refractivity (Wildman–Crippen MR) is 112 cm³/mol. The average molecular weight is 422 g/mol. The molecule has 0 heterocycles. The van der Waals surface area contributed by atoms with E-state index in [4.69, 9.17) is 0 Å². The number of carbonyl (C=O) groups excluding carboxylic acids is 2. The Kier molecular flexibility index (Phi) is 5.87. The van der Waals surface area contributed by atoms with Crippen LogP contribution >= 0.6 is 15.9 Å². The minimum atomic E-state index is -0.377. The first-order chi connectivity index (χ1) is 13.0. The Morgan fingerprint density at radius 2 is 1.59 bits per heavy atom. The van der Waals surface area contributed by atoms with Crippen LogP contribution in [0.4, 0.5) is 5.69 Å². The fraction of sp³-hybridized carbons (Fsp3) is 0.130. The molecular weight excluding hydrogens is 402 g/mol. The van der Waals surface area contributed by atoms with Crippen molar-refractivity contribution in [3.8, 4) is 0 Å². The van der Waals surface area contributed by atoms with Gasteiger partial charge in [0.2, 0.25) is 5.91 Å². The van der Waals surface area contributed by atoms with Gasteiger partial charge in [-0.15, -0.1) is 0 Å². The zero-order valence-corrected chi connectivity index (χ0v) is 16.8. The van der Waals surface area contributed by atoms with Gasteiger partial charge in [0.25, 0.3) is 0 Å². The number of halogens is 1. The maximum atomic E-state index is 12.7. The van der Waals surface area contributed by atoms with Gasteiger partial charge in [0.05, 0.1) is 5.92 Å². The van der Waals surface area contributed by atoms with Crippen molar-refractivity contribution in [2.75, 3.05) is 5.32 Å². The van der Waals surface area contributed by atoms with Crippen molar-refractivity contribution < 1.29 is 9.59 Å². The van der Waals surface area contributed by atoms with Gasteiger partial charge in [-0.2, -0.15) is 0 Å². The lowest BCUT2D eigenvalue weighted by Gasteiger charge is -2.14. The van der Waals surface area contributed by atoms with E-state index in [9.17, 15) is 9.59 Å². The molecule has 0 bridgehead atoms. The Hall–Kier alpha value is -2.72. The zero-order valence-electron chi connectivity index (χ0n) is 15.2. The van der Waals surface area contributed by atoms with E-state index in [1.165, 1.54) is 0 Å². The summed E-state index contributed by atoms with van der Waals surface area (Å²) >= 11 is 3.46. The standard InChI is InChI=1S/C23H20BrNO2/c1-15-13-20(11-12-21(15)24)25-23(27)16(2)18-9-6-10-19(14-18)22(26)17-7-4-3-5-8-17/h3-14,16H,1-2H3,(H,25,27)/t16-/m0/s1. The number of carbonyl (C=O) groups is 2. The molecule has 0 aliphatic heterocycles. The molecule has 0 radical (unpaired) electrons. The molecule has 0 aromatic heterocycles. The third-order valence-electron chi connectivity index (χ3n) is 4.50. The number of rotatable bonds is 5. The highest BCUT2D eigenvalue weighted by molar-refractivity contribution is 9.10. The van der Waals surface area contributed by atoms with E-state index in [1.807, 2.05) is 62.4 Å². The SMILES string of the molecule is Cc1cc(NC(=O)[C@@H](C)c2cccc(C(=O)c3ccccc3)c2)ccc1Br. The molecule has 0 unspecified atom stereocenters. The van der Waals surface area contributed by atoms with Crippen LogP contribution in [0.3, 0.4) is 0 Å². The van der Waals surface area contributed by atoms with Crippen LogP contribution in [0, 0.1) is 6.92 Å². The quantitative estimate of drug-likeness (QED) is 0.534. The van der Waals surface area contributed by atoms with Gasteiger partial charge < -0.3 is 5.32 Å². The second-order valence-electron chi connectivity index (χ2n) is 6.50. The molecule has 0 aliphatic rings. The highest BCUT2D eigenvalue weighted by Gasteiger charge is 2.18. The Balaban J connectivity index is 1.78. The summed E-state index contributed by atoms with van der Waals surface area (Å²) in [6, 6.07) is 22.1. The Bertz CT molecular complexity index is 983. The lowest BCUT2D eigenvalue weighted by Crippen LogP contribution is -2.19. The van der Waals surface area contributed by atoms with Gasteiger partial charge in [-0.25, -0.2) is 0 Å². The molecule has 136 valence electrons. The monoisotopic (exact) mass is 421 g/mol. The van der Waals surface area contributed by atoms with E-state index in [0.717, 1.165) is 21.3 Å². The molecule has 0 spiro atoms. The summed E-state index contributed by atoms with van der Waals surface area (Å²) in [4.78, 5) is 25.3. The summed E-state index contributed by atoms with van der Waals surface area (Å²) in [5, 5.41) is 2.94. The van der Waals surface area contributed by atoms with Crippen molar-refractivity contribution >= 4 is 33.3 Å². The maximum Gasteiger partial charge on any atom is 0.231 e. The van der Waals surface area contributed by atoms with Crippen LogP contribution < -0.4 is 5.32 Å². The summed E-state index contributed by atoms with van der Waals surface area (Å²) in [7, 11) is 0. The molecule has 3 aromatic carbocycles. The van der Waals surface area contributed by atoms with Crippen molar-refractivity contribution in [2.45, 2.75) is 19.8 Å². The highest BCUT2D eigenvalue weighted by Crippen LogP contribution is 2.23. The summed E-state index contributed by atoms with van der Waals surface area (Å²) in [6.45, 7) is 3.81. The van der Waals surface area contributed by atoms with Gasteiger partial charge in [-0.3, -0.25) is 9.59 Å². The van der Waals surface area contributed by atoms with E-state index < -0.39 is 0 Å². The van der Waals surface area contributed by atoms with Crippen LogP contribution in [-0.4, -0.2) is 11.7 Å². The Labute approximate surface area is 167 Å². The second-order valence-corrected chi connectivity index (χ2v) is 7.35. The minimum absolute atomic E-state index is 0.0476. The summed E-state index contributed by atoms with van der Waals surface area (Å²) in [5.74, 6) is -0.535. The van der Waals surface area contributed by atoms with Gasteiger partial charge >= 0.3 is 0 Å². The third kappa shape index (κ3) is 4.52. The number of benzene rings is 3. The summed E-state index contributed by atoms with van der Waals surface area (Å²) in [5.41, 5.74) is 3.83. The van der Waals surface area contributed by atoms with Gasteiger partial charge in [-0.1, -0.05) is 64.5 Å². The average Bonchev–Trinajstić information content (AvgIpc) is 2.70. The van der Waals surface area contributed by atoms with E-state index in [-0.39, 0.29) is 17.6 Å². The molecule has 27 heavy (non-hydrogen) atoms. The number of hydrogen-bond acceptors (Lipinski definition) is 2. The van der Waals surface area contributed by atoms with Crippen LogP contribution in [0.1, 0.15) is 39.9 Å². The molecule has 3 rings (SSSR count). The van der Waals surface area contributed by atoms with Crippen molar-refractivity contribution in [1.82, 2.24) is 0 Å². The molecule has 3 aromatic rings. The number of amides is 1. The number of hydrogen-bond donors (Lipinski definition) is 1. The molecule has 0 fully saturated rings. The Morgan fingerprint density at radius 1 is 0.889 bits per heavy atom. The lowest BCUT2D eigenvalue weighted by molar-refractivity contribution is -0.117. The number of nitrogens with one attached hydrogen (secondary N) is 1. The molecule has 0 saturated carbocycles. The highest BCUT2D eigenvalue weighted by atomic mass is 79.9. The first-order valence-corrected chi connectivity index (χ1v) is 9.52. The molecule has 4 heteroatoms. The van der Waals surface area contributed by atoms with Crippen LogP contribution in [0.25, 0.3) is 0 Å².